The Morgan fingerprint density at radius 1 is 1.29 bits per heavy atom. The van der Waals surface area contributed by atoms with Crippen LogP contribution in [-0.4, -0.2) is 11.6 Å². The first-order chi connectivity index (χ1) is 11.5. The van der Waals surface area contributed by atoms with Gasteiger partial charge in [-0.05, 0) is 23.6 Å². The fourth-order valence-corrected chi connectivity index (χ4v) is 3.12. The van der Waals surface area contributed by atoms with Crippen molar-refractivity contribution in [2.45, 2.75) is 31.7 Å². The number of nitrogens with two attached hydrogens (primary N) is 1. The number of fused-ring (bicyclic) bond motifs is 1. The highest BCUT2D eigenvalue weighted by molar-refractivity contribution is 6.04. The zero-order chi connectivity index (χ0) is 17.3. The molecule has 5 heteroatoms. The van der Waals surface area contributed by atoms with Gasteiger partial charge >= 0.3 is 0 Å². The van der Waals surface area contributed by atoms with Gasteiger partial charge in [0.15, 0.2) is 0 Å². The first kappa shape index (κ1) is 16.5. The molecule has 0 fully saturated rings. The third kappa shape index (κ3) is 2.99. The van der Waals surface area contributed by atoms with Crippen molar-refractivity contribution in [2.24, 2.45) is 10.7 Å². The van der Waals surface area contributed by atoms with E-state index >= 15 is 0 Å². The lowest BCUT2D eigenvalue weighted by atomic mass is 9.95. The minimum atomic E-state index is -0.742. The Hall–Kier alpha value is -2.40. The van der Waals surface area contributed by atoms with Crippen LogP contribution in [0.1, 0.15) is 42.0 Å². The molecule has 2 N–H and O–H groups in total. The first-order valence-corrected chi connectivity index (χ1v) is 7.91. The molecule has 1 amide bonds. The lowest BCUT2D eigenvalue weighted by Crippen LogP contribution is -2.20. The first-order valence-electron chi connectivity index (χ1n) is 7.91. The van der Waals surface area contributed by atoms with Crippen LogP contribution in [0, 0.1) is 11.6 Å². The highest BCUT2D eigenvalue weighted by Gasteiger charge is 2.28. The molecule has 0 radical (unpaired) electrons. The summed E-state index contributed by atoms with van der Waals surface area (Å²) in [4.78, 5) is 16.7. The van der Waals surface area contributed by atoms with Crippen LogP contribution in [0.2, 0.25) is 0 Å². The van der Waals surface area contributed by atoms with Gasteiger partial charge in [-0.25, -0.2) is 13.8 Å². The number of nitrogens with zero attached hydrogens (tertiary/aromatic N) is 1. The molecule has 0 aliphatic heterocycles. The molecular formula is C19H18F2N2O. The average molecular weight is 328 g/mol. The van der Waals surface area contributed by atoms with E-state index in [1.165, 1.54) is 6.07 Å². The fourth-order valence-electron chi connectivity index (χ4n) is 3.12. The van der Waals surface area contributed by atoms with Crippen molar-refractivity contribution >= 4 is 11.6 Å². The summed E-state index contributed by atoms with van der Waals surface area (Å²) in [5.74, 6) is -2.58. The van der Waals surface area contributed by atoms with Crippen LogP contribution in [0.15, 0.2) is 47.5 Å². The number of rotatable bonds is 3. The molecule has 2 aromatic rings. The molecule has 3 rings (SSSR count). The maximum atomic E-state index is 14.0. The van der Waals surface area contributed by atoms with Crippen molar-refractivity contribution in [1.82, 2.24) is 0 Å². The third-order valence-electron chi connectivity index (χ3n) is 4.42. The molecule has 124 valence electrons. The highest BCUT2D eigenvalue weighted by Crippen LogP contribution is 2.29. The second-order valence-corrected chi connectivity index (χ2v) is 5.92. The number of hydrogen-bond donors (Lipinski definition) is 1. The van der Waals surface area contributed by atoms with E-state index in [1.807, 2.05) is 24.3 Å². The number of carbonyl (C=O) groups is 1. The predicted octanol–water partition coefficient (Wildman–Crippen LogP) is 3.68. The van der Waals surface area contributed by atoms with Crippen LogP contribution in [0.5, 0.6) is 0 Å². The van der Waals surface area contributed by atoms with Crippen molar-refractivity contribution in [3.8, 4) is 0 Å². The quantitative estimate of drug-likeness (QED) is 0.934. The minimum Gasteiger partial charge on any atom is -0.319 e. The Morgan fingerprint density at radius 2 is 2.04 bits per heavy atom. The van der Waals surface area contributed by atoms with Gasteiger partial charge < -0.3 is 5.73 Å². The standard InChI is InChI=1S/C19H18F2N2O/c1-2-13(15-8-7-12(20)10-16(15)21)19(24)23-17-9-11-5-3-4-6-14(11)18(17)22/h3-8,10,13,18H,2,9,22H2,1H3/t13?,18-/m0/s1. The molecular weight excluding hydrogens is 310 g/mol. The molecule has 24 heavy (non-hydrogen) atoms. The lowest BCUT2D eigenvalue weighted by molar-refractivity contribution is -0.119. The van der Waals surface area contributed by atoms with Crippen LogP contribution < -0.4 is 5.73 Å². The summed E-state index contributed by atoms with van der Waals surface area (Å²) in [6.45, 7) is 1.77. The summed E-state index contributed by atoms with van der Waals surface area (Å²) < 4.78 is 27.1. The summed E-state index contributed by atoms with van der Waals surface area (Å²) in [6.07, 6.45) is 0.895. The molecule has 2 aromatic carbocycles. The Bertz CT molecular complexity index is 817. The molecule has 0 aromatic heterocycles. The maximum absolute atomic E-state index is 14.0. The van der Waals surface area contributed by atoms with E-state index in [4.69, 9.17) is 5.73 Å². The molecule has 3 nitrogen and oxygen atoms in total. The van der Waals surface area contributed by atoms with Crippen LogP contribution in [-0.2, 0) is 11.2 Å². The number of amides is 1. The van der Waals surface area contributed by atoms with Gasteiger partial charge in [0.05, 0.1) is 12.0 Å². The Labute approximate surface area is 139 Å². The molecule has 0 saturated heterocycles. The van der Waals surface area contributed by atoms with Crippen LogP contribution in [0.3, 0.4) is 0 Å². The van der Waals surface area contributed by atoms with E-state index in [1.54, 1.807) is 6.92 Å². The SMILES string of the molecule is CCC(C(=O)N=C1Cc2ccccc2[C@@H]1N)c1ccc(F)cc1F. The van der Waals surface area contributed by atoms with E-state index in [0.29, 0.717) is 18.6 Å². The van der Waals surface area contributed by atoms with Crippen LogP contribution >= 0.6 is 0 Å². The van der Waals surface area contributed by atoms with Gasteiger partial charge in [-0.3, -0.25) is 4.79 Å². The molecule has 0 heterocycles. The molecule has 1 aliphatic rings. The summed E-state index contributed by atoms with van der Waals surface area (Å²) in [7, 11) is 0. The highest BCUT2D eigenvalue weighted by atomic mass is 19.1. The van der Waals surface area contributed by atoms with Gasteiger partial charge in [0.25, 0.3) is 5.91 Å². The van der Waals surface area contributed by atoms with E-state index in [2.05, 4.69) is 4.99 Å². The second kappa shape index (κ2) is 6.61. The Balaban J connectivity index is 1.88. The monoisotopic (exact) mass is 328 g/mol. The molecule has 1 unspecified atom stereocenters. The largest absolute Gasteiger partial charge is 0.319 e. The number of halogens is 2. The number of hydrogen-bond acceptors (Lipinski definition) is 2. The van der Waals surface area contributed by atoms with Crippen molar-refractivity contribution in [2.75, 3.05) is 0 Å². The molecule has 2 atom stereocenters. The minimum absolute atomic E-state index is 0.164. The van der Waals surface area contributed by atoms with E-state index in [-0.39, 0.29) is 5.56 Å². The normalized spacial score (nSPS) is 19.3. The predicted molar refractivity (Wildman–Crippen MR) is 88.9 cm³/mol. The smallest absolute Gasteiger partial charge is 0.253 e. The maximum Gasteiger partial charge on any atom is 0.253 e. The fraction of sp³-hybridized carbons (Fsp3) is 0.263. The van der Waals surface area contributed by atoms with Gasteiger partial charge in [0.2, 0.25) is 0 Å². The molecule has 1 aliphatic carbocycles. The molecule has 0 spiro atoms. The zero-order valence-corrected chi connectivity index (χ0v) is 13.3. The summed E-state index contributed by atoms with van der Waals surface area (Å²) >= 11 is 0. The topological polar surface area (TPSA) is 55.5 Å². The van der Waals surface area contributed by atoms with Crippen molar-refractivity contribution in [3.63, 3.8) is 0 Å². The number of carbonyl (C=O) groups excluding carboxylic acids is 1. The summed E-state index contributed by atoms with van der Waals surface area (Å²) in [5.41, 5.74) is 8.93. The van der Waals surface area contributed by atoms with E-state index in [0.717, 1.165) is 23.3 Å². The molecule has 0 bridgehead atoms. The van der Waals surface area contributed by atoms with Crippen LogP contribution in [0.25, 0.3) is 0 Å². The summed E-state index contributed by atoms with van der Waals surface area (Å²) in [5, 5.41) is 0. The van der Waals surface area contributed by atoms with Gasteiger partial charge in [0, 0.05) is 23.8 Å². The average Bonchev–Trinajstić information content (AvgIpc) is 2.87. The second-order valence-electron chi connectivity index (χ2n) is 5.92. The van der Waals surface area contributed by atoms with E-state index in [9.17, 15) is 13.6 Å². The third-order valence-corrected chi connectivity index (χ3v) is 4.42. The number of benzene rings is 2. The van der Waals surface area contributed by atoms with Gasteiger partial charge in [0.1, 0.15) is 11.6 Å². The van der Waals surface area contributed by atoms with Crippen molar-refractivity contribution in [1.29, 1.82) is 0 Å². The van der Waals surface area contributed by atoms with Gasteiger partial charge in [-0.15, -0.1) is 0 Å². The van der Waals surface area contributed by atoms with E-state index < -0.39 is 29.5 Å². The Morgan fingerprint density at radius 3 is 2.71 bits per heavy atom. The zero-order valence-electron chi connectivity index (χ0n) is 13.3. The molecule has 0 saturated carbocycles. The van der Waals surface area contributed by atoms with Gasteiger partial charge in [-0.1, -0.05) is 37.3 Å². The van der Waals surface area contributed by atoms with Crippen LogP contribution in [0.4, 0.5) is 8.78 Å². The van der Waals surface area contributed by atoms with Crippen molar-refractivity contribution in [3.05, 3.63) is 70.8 Å². The van der Waals surface area contributed by atoms with Crippen molar-refractivity contribution < 1.29 is 13.6 Å². The summed E-state index contributed by atoms with van der Waals surface area (Å²) in [6, 6.07) is 10.5. The van der Waals surface area contributed by atoms with Gasteiger partial charge in [-0.2, -0.15) is 0 Å². The number of aliphatic imine (C=N–C) groups is 1. The lowest BCUT2D eigenvalue weighted by Gasteiger charge is -2.14. The Kier molecular flexibility index (Phi) is 4.53.